The summed E-state index contributed by atoms with van der Waals surface area (Å²) >= 11 is 8.42. The van der Waals surface area contributed by atoms with Gasteiger partial charge in [0.2, 0.25) is 5.95 Å². The van der Waals surface area contributed by atoms with E-state index in [1.54, 1.807) is 10.9 Å². The fourth-order valence-corrected chi connectivity index (χ4v) is 3.96. The van der Waals surface area contributed by atoms with Crippen LogP contribution in [0.5, 0.6) is 0 Å². The second kappa shape index (κ2) is 10.1. The zero-order chi connectivity index (χ0) is 20.8. The maximum Gasteiger partial charge on any atom is 0.305 e. The lowest BCUT2D eigenvalue weighted by atomic mass is 10.1. The van der Waals surface area contributed by atoms with E-state index in [1.807, 2.05) is 18.2 Å². The third-order valence-electron chi connectivity index (χ3n) is 4.44. The maximum absolute atomic E-state index is 12.5. The largest absolute Gasteiger partial charge is 0.469 e. The number of carbonyl (C=O) groups is 1. The summed E-state index contributed by atoms with van der Waals surface area (Å²) in [5.41, 5.74) is 2.80. The first-order valence-corrected chi connectivity index (χ1v) is 11.0. The molecule has 0 aliphatic carbocycles. The molecule has 0 fully saturated rings. The van der Waals surface area contributed by atoms with Gasteiger partial charge in [0.1, 0.15) is 5.52 Å². The Hall–Kier alpha value is -2.14. The number of nitrogens with one attached hydrogen (secondary N) is 2. The standard InChI is InChI=1S/C19H21ClIN5O3/c1-29-16(27)4-2-3-7-26-17-15(11-23-26)24-19(25-18(17)28)22-10-12-5-6-14(20)13(8-12)9-21/h5-6,8,11H,2-4,7,9-10H2,1H3,(H2,22,24,25,28). The third-order valence-corrected chi connectivity index (χ3v) is 5.63. The van der Waals surface area contributed by atoms with E-state index in [-0.39, 0.29) is 11.5 Å². The molecule has 10 heteroatoms. The Labute approximate surface area is 186 Å². The van der Waals surface area contributed by atoms with E-state index < -0.39 is 0 Å². The number of halogens is 2. The molecule has 0 aliphatic rings. The van der Waals surface area contributed by atoms with Crippen LogP contribution in [0.4, 0.5) is 5.95 Å². The summed E-state index contributed by atoms with van der Waals surface area (Å²) in [6, 6.07) is 5.84. The monoisotopic (exact) mass is 529 g/mol. The van der Waals surface area contributed by atoms with Gasteiger partial charge in [0.25, 0.3) is 5.56 Å². The van der Waals surface area contributed by atoms with Gasteiger partial charge in [-0.05, 0) is 30.0 Å². The van der Waals surface area contributed by atoms with E-state index in [1.165, 1.54) is 7.11 Å². The van der Waals surface area contributed by atoms with Gasteiger partial charge in [0.15, 0.2) is 5.52 Å². The van der Waals surface area contributed by atoms with Crippen LogP contribution in [0.3, 0.4) is 0 Å². The van der Waals surface area contributed by atoms with Crippen molar-refractivity contribution in [2.75, 3.05) is 12.4 Å². The van der Waals surface area contributed by atoms with Crippen LogP contribution in [0.2, 0.25) is 5.02 Å². The number of fused-ring (bicyclic) bond motifs is 1. The maximum atomic E-state index is 12.5. The van der Waals surface area contributed by atoms with Gasteiger partial charge in [-0.1, -0.05) is 46.3 Å². The molecule has 0 saturated carbocycles. The lowest BCUT2D eigenvalue weighted by Gasteiger charge is -2.08. The van der Waals surface area contributed by atoms with Gasteiger partial charge in [-0.2, -0.15) is 5.10 Å². The Kier molecular flexibility index (Phi) is 7.48. The second-order valence-electron chi connectivity index (χ2n) is 6.46. The Morgan fingerprint density at radius 3 is 2.97 bits per heavy atom. The highest BCUT2D eigenvalue weighted by molar-refractivity contribution is 14.1. The first-order chi connectivity index (χ1) is 14.0. The number of carbonyl (C=O) groups excluding carboxylic acids is 1. The van der Waals surface area contributed by atoms with Crippen molar-refractivity contribution in [1.82, 2.24) is 19.7 Å². The number of hydrogen-bond donors (Lipinski definition) is 2. The van der Waals surface area contributed by atoms with Crippen LogP contribution in [0, 0.1) is 0 Å². The summed E-state index contributed by atoms with van der Waals surface area (Å²) in [4.78, 5) is 30.9. The molecule has 0 unspecified atom stereocenters. The molecule has 0 atom stereocenters. The van der Waals surface area contributed by atoms with Gasteiger partial charge in [-0.3, -0.25) is 19.3 Å². The number of aromatic amines is 1. The van der Waals surface area contributed by atoms with E-state index in [2.05, 4.69) is 47.7 Å². The molecule has 8 nitrogen and oxygen atoms in total. The van der Waals surface area contributed by atoms with Crippen molar-refractivity contribution in [3.8, 4) is 0 Å². The number of aromatic nitrogens is 4. The molecule has 0 radical (unpaired) electrons. The molecule has 154 valence electrons. The number of benzene rings is 1. The van der Waals surface area contributed by atoms with Gasteiger partial charge in [-0.15, -0.1) is 0 Å². The van der Waals surface area contributed by atoms with E-state index in [4.69, 9.17) is 11.6 Å². The fraction of sp³-hybridized carbons (Fsp3) is 0.368. The van der Waals surface area contributed by atoms with Gasteiger partial charge < -0.3 is 10.1 Å². The molecule has 2 heterocycles. The topological polar surface area (TPSA) is 102 Å². The van der Waals surface area contributed by atoms with E-state index >= 15 is 0 Å². The van der Waals surface area contributed by atoms with Gasteiger partial charge >= 0.3 is 5.97 Å². The van der Waals surface area contributed by atoms with Crippen LogP contribution >= 0.6 is 34.2 Å². The number of esters is 1. The summed E-state index contributed by atoms with van der Waals surface area (Å²) in [5.74, 6) is 0.149. The lowest BCUT2D eigenvalue weighted by Crippen LogP contribution is -2.16. The highest BCUT2D eigenvalue weighted by Crippen LogP contribution is 2.21. The zero-order valence-electron chi connectivity index (χ0n) is 15.9. The number of unbranched alkanes of at least 4 members (excludes halogenated alkanes) is 1. The van der Waals surface area contributed by atoms with E-state index in [0.29, 0.717) is 49.3 Å². The Morgan fingerprint density at radius 2 is 2.21 bits per heavy atom. The first-order valence-electron chi connectivity index (χ1n) is 9.11. The highest BCUT2D eigenvalue weighted by atomic mass is 127. The minimum atomic E-state index is -0.257. The summed E-state index contributed by atoms with van der Waals surface area (Å²) in [6.07, 6.45) is 3.30. The number of aryl methyl sites for hydroxylation is 1. The minimum Gasteiger partial charge on any atom is -0.469 e. The van der Waals surface area contributed by atoms with Crippen LogP contribution in [0.15, 0.2) is 29.2 Å². The average molecular weight is 530 g/mol. The molecular weight excluding hydrogens is 509 g/mol. The first kappa shape index (κ1) is 21.6. The number of nitrogens with zero attached hydrogens (tertiary/aromatic N) is 3. The predicted molar refractivity (Wildman–Crippen MR) is 121 cm³/mol. The number of H-pyrrole nitrogens is 1. The van der Waals surface area contributed by atoms with Gasteiger partial charge in [-0.25, -0.2) is 4.98 Å². The number of anilines is 1. The predicted octanol–water partition coefficient (Wildman–Crippen LogP) is 3.66. The van der Waals surface area contributed by atoms with Crippen LogP contribution in [0.25, 0.3) is 11.0 Å². The Morgan fingerprint density at radius 1 is 1.38 bits per heavy atom. The van der Waals surface area contributed by atoms with Crippen LogP contribution in [-0.2, 0) is 27.0 Å². The summed E-state index contributed by atoms with van der Waals surface area (Å²) in [5, 5.41) is 8.15. The van der Waals surface area contributed by atoms with Crippen molar-refractivity contribution in [3.63, 3.8) is 0 Å². The molecule has 0 aliphatic heterocycles. The second-order valence-corrected chi connectivity index (χ2v) is 7.63. The molecule has 0 saturated heterocycles. The number of ether oxygens (including phenoxy) is 1. The molecular formula is C19H21ClIN5O3. The average Bonchev–Trinajstić information content (AvgIpc) is 3.13. The van der Waals surface area contributed by atoms with Crippen LogP contribution < -0.4 is 10.9 Å². The normalized spacial score (nSPS) is 11.0. The number of hydrogen-bond acceptors (Lipinski definition) is 6. The van der Waals surface area contributed by atoms with E-state index in [9.17, 15) is 9.59 Å². The SMILES string of the molecule is COC(=O)CCCCn1ncc2nc(NCc3ccc(Cl)c(CI)c3)[nH]c(=O)c21. The quantitative estimate of drug-likeness (QED) is 0.190. The fourth-order valence-electron chi connectivity index (χ4n) is 2.92. The third kappa shape index (κ3) is 5.47. The van der Waals surface area contributed by atoms with E-state index in [0.717, 1.165) is 20.6 Å². The van der Waals surface area contributed by atoms with Crippen molar-refractivity contribution in [1.29, 1.82) is 0 Å². The van der Waals surface area contributed by atoms with Crippen molar-refractivity contribution in [2.45, 2.75) is 36.8 Å². The summed E-state index contributed by atoms with van der Waals surface area (Å²) in [7, 11) is 1.37. The van der Waals surface area contributed by atoms with Crippen molar-refractivity contribution < 1.29 is 9.53 Å². The van der Waals surface area contributed by atoms with Crippen LogP contribution in [-0.4, -0.2) is 32.8 Å². The molecule has 1 aromatic carbocycles. The lowest BCUT2D eigenvalue weighted by molar-refractivity contribution is -0.140. The summed E-state index contributed by atoms with van der Waals surface area (Å²) < 4.78 is 7.07. The number of rotatable bonds is 9. The molecule has 3 rings (SSSR count). The van der Waals surface area contributed by atoms with Crippen molar-refractivity contribution in [3.05, 3.63) is 50.9 Å². The molecule has 3 aromatic rings. The number of alkyl halides is 1. The highest BCUT2D eigenvalue weighted by Gasteiger charge is 2.11. The van der Waals surface area contributed by atoms with Gasteiger partial charge in [0.05, 0.1) is 13.3 Å². The van der Waals surface area contributed by atoms with Gasteiger partial charge in [0, 0.05) is 29.0 Å². The van der Waals surface area contributed by atoms with Crippen LogP contribution in [0.1, 0.15) is 30.4 Å². The smallest absolute Gasteiger partial charge is 0.305 e. The minimum absolute atomic E-state index is 0.239. The molecule has 29 heavy (non-hydrogen) atoms. The Bertz CT molecular complexity index is 1070. The Balaban J connectivity index is 1.67. The molecule has 0 amide bonds. The molecule has 2 N–H and O–H groups in total. The zero-order valence-corrected chi connectivity index (χ0v) is 18.8. The molecule has 0 bridgehead atoms. The molecule has 0 spiro atoms. The molecule has 2 aromatic heterocycles. The summed E-state index contributed by atoms with van der Waals surface area (Å²) in [6.45, 7) is 1.04. The van der Waals surface area contributed by atoms with Crippen molar-refractivity contribution >= 4 is 57.1 Å². The van der Waals surface area contributed by atoms with Crippen molar-refractivity contribution in [2.24, 2.45) is 0 Å². The number of methoxy groups -OCH3 is 1.